The van der Waals surface area contributed by atoms with Crippen molar-refractivity contribution in [3.63, 3.8) is 0 Å². The van der Waals surface area contributed by atoms with Gasteiger partial charge < -0.3 is 4.74 Å². The van der Waals surface area contributed by atoms with Crippen LogP contribution in [0.4, 0.5) is 0 Å². The van der Waals surface area contributed by atoms with E-state index in [1.807, 2.05) is 45.0 Å². The van der Waals surface area contributed by atoms with Crippen LogP contribution < -0.4 is 4.74 Å². The average molecular weight is 319 g/mol. The number of nitrogens with zero attached hydrogens (tertiary/aromatic N) is 1. The molecule has 0 aliphatic rings. The van der Waals surface area contributed by atoms with Crippen molar-refractivity contribution in [2.24, 2.45) is 0 Å². The van der Waals surface area contributed by atoms with Gasteiger partial charge in [0, 0.05) is 24.2 Å². The van der Waals surface area contributed by atoms with Gasteiger partial charge in [-0.1, -0.05) is 18.2 Å². The first-order chi connectivity index (χ1) is 10.3. The fourth-order valence-corrected chi connectivity index (χ4v) is 3.15. The third-order valence-corrected chi connectivity index (χ3v) is 4.01. The second-order valence-electron chi connectivity index (χ2n) is 5.76. The number of sulfone groups is 1. The van der Waals surface area contributed by atoms with Crippen LogP contribution in [0.5, 0.6) is 5.75 Å². The maximum absolute atomic E-state index is 11.4. The number of aromatic nitrogens is 1. The predicted molar refractivity (Wildman–Crippen MR) is 88.7 cm³/mol. The number of pyridine rings is 1. The van der Waals surface area contributed by atoms with Crippen molar-refractivity contribution in [1.82, 2.24) is 4.98 Å². The van der Waals surface area contributed by atoms with Crippen molar-refractivity contribution in [3.8, 4) is 16.9 Å². The van der Waals surface area contributed by atoms with Crippen LogP contribution in [0.2, 0.25) is 0 Å². The van der Waals surface area contributed by atoms with Gasteiger partial charge in [-0.3, -0.25) is 4.98 Å². The van der Waals surface area contributed by atoms with E-state index < -0.39 is 9.84 Å². The highest BCUT2D eigenvalue weighted by Crippen LogP contribution is 2.32. The number of rotatable bonds is 5. The van der Waals surface area contributed by atoms with E-state index in [9.17, 15) is 8.42 Å². The Kier molecular flexibility index (Phi) is 4.86. The van der Waals surface area contributed by atoms with Crippen LogP contribution in [0.1, 0.15) is 25.0 Å². The molecule has 0 fully saturated rings. The molecule has 0 spiro atoms. The van der Waals surface area contributed by atoms with Crippen LogP contribution in [-0.4, -0.2) is 25.8 Å². The third-order valence-electron chi connectivity index (χ3n) is 3.15. The smallest absolute Gasteiger partial charge is 0.151 e. The monoisotopic (exact) mass is 319 g/mol. The minimum absolute atomic E-state index is 0.0521. The molecule has 0 amide bonds. The topological polar surface area (TPSA) is 56.3 Å². The second-order valence-corrected chi connectivity index (χ2v) is 7.90. The summed E-state index contributed by atoms with van der Waals surface area (Å²) < 4.78 is 28.7. The van der Waals surface area contributed by atoms with Crippen molar-refractivity contribution in [3.05, 3.63) is 47.8 Å². The maximum atomic E-state index is 11.4. The molecule has 4 nitrogen and oxygen atoms in total. The van der Waals surface area contributed by atoms with Gasteiger partial charge in [-0.15, -0.1) is 0 Å². The maximum Gasteiger partial charge on any atom is 0.151 e. The molecular weight excluding hydrogens is 298 g/mol. The zero-order valence-electron chi connectivity index (χ0n) is 13.3. The van der Waals surface area contributed by atoms with Crippen LogP contribution in [0.15, 0.2) is 36.7 Å². The molecule has 22 heavy (non-hydrogen) atoms. The Hall–Kier alpha value is -1.88. The van der Waals surface area contributed by atoms with E-state index >= 15 is 0 Å². The molecule has 0 saturated heterocycles. The zero-order valence-corrected chi connectivity index (χ0v) is 14.1. The second kappa shape index (κ2) is 6.48. The van der Waals surface area contributed by atoms with Crippen molar-refractivity contribution in [2.45, 2.75) is 32.6 Å². The van der Waals surface area contributed by atoms with Gasteiger partial charge in [-0.25, -0.2) is 8.42 Å². The number of ether oxygens (including phenoxy) is 1. The van der Waals surface area contributed by atoms with Crippen molar-refractivity contribution >= 4 is 9.84 Å². The van der Waals surface area contributed by atoms with Crippen LogP contribution in [0, 0.1) is 6.92 Å². The molecule has 0 aliphatic heterocycles. The Balaban J connectivity index is 2.42. The lowest BCUT2D eigenvalue weighted by atomic mass is 9.99. The highest BCUT2D eigenvalue weighted by molar-refractivity contribution is 7.89. The standard InChI is InChI=1S/C17H21NO3S/c1-12(2)21-17-7-8-18-10-16(17)15-6-5-14(9-13(15)3)11-22(4,19)20/h5-10,12H,11H2,1-4H3. The highest BCUT2D eigenvalue weighted by Gasteiger charge is 2.12. The lowest BCUT2D eigenvalue weighted by Gasteiger charge is -2.15. The zero-order chi connectivity index (χ0) is 16.3. The largest absolute Gasteiger partial charge is 0.490 e. The first-order valence-electron chi connectivity index (χ1n) is 7.14. The van der Waals surface area contributed by atoms with Crippen LogP contribution in [0.25, 0.3) is 11.1 Å². The summed E-state index contributed by atoms with van der Waals surface area (Å²) in [4.78, 5) is 4.18. The van der Waals surface area contributed by atoms with E-state index in [0.717, 1.165) is 28.0 Å². The molecule has 1 heterocycles. The summed E-state index contributed by atoms with van der Waals surface area (Å²) in [5.41, 5.74) is 3.71. The number of aryl methyl sites for hydroxylation is 1. The fraction of sp³-hybridized carbons (Fsp3) is 0.353. The number of hydrogen-bond donors (Lipinski definition) is 0. The quantitative estimate of drug-likeness (QED) is 0.847. The molecule has 1 aromatic carbocycles. The minimum Gasteiger partial charge on any atom is -0.490 e. The SMILES string of the molecule is Cc1cc(CS(C)(=O)=O)ccc1-c1cnccc1OC(C)C. The van der Waals surface area contributed by atoms with Gasteiger partial charge in [0.2, 0.25) is 0 Å². The summed E-state index contributed by atoms with van der Waals surface area (Å²) in [5, 5.41) is 0. The molecule has 0 atom stereocenters. The molecule has 0 saturated carbocycles. The molecule has 5 heteroatoms. The highest BCUT2D eigenvalue weighted by atomic mass is 32.2. The molecule has 0 radical (unpaired) electrons. The van der Waals surface area contributed by atoms with E-state index in [1.54, 1.807) is 12.4 Å². The Morgan fingerprint density at radius 1 is 1.18 bits per heavy atom. The average Bonchev–Trinajstić information content (AvgIpc) is 2.37. The minimum atomic E-state index is -3.03. The molecule has 118 valence electrons. The lowest BCUT2D eigenvalue weighted by Crippen LogP contribution is -2.07. The van der Waals surface area contributed by atoms with E-state index in [0.29, 0.717) is 0 Å². The number of benzene rings is 1. The van der Waals surface area contributed by atoms with Gasteiger partial charge in [-0.2, -0.15) is 0 Å². The van der Waals surface area contributed by atoms with Gasteiger partial charge in [-0.05, 0) is 43.5 Å². The molecule has 0 unspecified atom stereocenters. The molecule has 1 aromatic heterocycles. The van der Waals surface area contributed by atoms with Gasteiger partial charge in [0.1, 0.15) is 5.75 Å². The summed E-state index contributed by atoms with van der Waals surface area (Å²) in [5.74, 6) is 0.834. The van der Waals surface area contributed by atoms with Gasteiger partial charge in [0.25, 0.3) is 0 Å². The van der Waals surface area contributed by atoms with E-state index in [-0.39, 0.29) is 11.9 Å². The predicted octanol–water partition coefficient (Wildman–Crippen LogP) is 3.39. The Morgan fingerprint density at radius 3 is 2.50 bits per heavy atom. The van der Waals surface area contributed by atoms with E-state index in [1.165, 1.54) is 6.26 Å². The van der Waals surface area contributed by atoms with E-state index in [4.69, 9.17) is 4.74 Å². The summed E-state index contributed by atoms with van der Waals surface area (Å²) in [6.07, 6.45) is 4.79. The summed E-state index contributed by atoms with van der Waals surface area (Å²) in [6, 6.07) is 7.53. The Morgan fingerprint density at radius 2 is 1.91 bits per heavy atom. The van der Waals surface area contributed by atoms with Gasteiger partial charge >= 0.3 is 0 Å². The summed E-state index contributed by atoms with van der Waals surface area (Å²) >= 11 is 0. The summed E-state index contributed by atoms with van der Waals surface area (Å²) in [7, 11) is -3.03. The Labute approximate surface area is 132 Å². The molecule has 0 N–H and O–H groups in total. The van der Waals surface area contributed by atoms with Crippen LogP contribution in [0.3, 0.4) is 0 Å². The Bertz CT molecular complexity index is 767. The van der Waals surface area contributed by atoms with E-state index in [2.05, 4.69) is 4.98 Å². The number of hydrogen-bond acceptors (Lipinski definition) is 4. The normalized spacial score (nSPS) is 11.7. The third kappa shape index (κ3) is 4.31. The molecule has 0 aliphatic carbocycles. The van der Waals surface area contributed by atoms with Crippen molar-refractivity contribution < 1.29 is 13.2 Å². The molecular formula is C17H21NO3S. The van der Waals surface area contributed by atoms with Crippen molar-refractivity contribution in [1.29, 1.82) is 0 Å². The first kappa shape index (κ1) is 16.5. The molecule has 2 aromatic rings. The first-order valence-corrected chi connectivity index (χ1v) is 9.20. The van der Waals surface area contributed by atoms with Crippen LogP contribution >= 0.6 is 0 Å². The lowest BCUT2D eigenvalue weighted by molar-refractivity contribution is 0.243. The fourth-order valence-electron chi connectivity index (χ4n) is 2.36. The molecule has 2 rings (SSSR count). The van der Waals surface area contributed by atoms with Crippen molar-refractivity contribution in [2.75, 3.05) is 6.26 Å². The summed E-state index contributed by atoms with van der Waals surface area (Å²) in [6.45, 7) is 5.92. The van der Waals surface area contributed by atoms with Crippen LogP contribution in [-0.2, 0) is 15.6 Å². The van der Waals surface area contributed by atoms with Gasteiger partial charge in [0.05, 0.1) is 11.9 Å². The molecule has 0 bridgehead atoms. The van der Waals surface area contributed by atoms with Gasteiger partial charge in [0.15, 0.2) is 9.84 Å².